The molecule has 5 heteroatoms. The normalized spacial score (nSPS) is 25.3. The fourth-order valence-corrected chi connectivity index (χ4v) is 3.17. The average molecular weight is 326 g/mol. The van der Waals surface area contributed by atoms with Crippen LogP contribution in [0.3, 0.4) is 0 Å². The molecule has 3 atom stereocenters. The van der Waals surface area contributed by atoms with Crippen LogP contribution in [0.4, 0.5) is 5.82 Å². The molecule has 2 rings (SSSR count). The molecule has 1 aromatic heterocycles. The van der Waals surface area contributed by atoms with Crippen molar-refractivity contribution in [1.82, 2.24) is 9.88 Å². The topological polar surface area (TPSA) is 45.2 Å². The number of pyridine rings is 1. The number of anilines is 1. The van der Waals surface area contributed by atoms with Crippen LogP contribution in [0.2, 0.25) is 0 Å². The van der Waals surface area contributed by atoms with Crippen LogP contribution in [0.5, 0.6) is 0 Å². The highest BCUT2D eigenvalue weighted by Crippen LogP contribution is 2.26. The van der Waals surface area contributed by atoms with Crippen LogP contribution in [0, 0.1) is 0 Å². The zero-order valence-corrected chi connectivity index (χ0v) is 13.1. The van der Waals surface area contributed by atoms with Gasteiger partial charge in [-0.05, 0) is 61.7 Å². The number of hydrogen-bond donors (Lipinski definition) is 1. The zero-order valence-electron chi connectivity index (χ0n) is 11.6. The van der Waals surface area contributed by atoms with E-state index in [4.69, 9.17) is 0 Å². The molecule has 0 spiro atoms. The molecule has 0 aromatic carbocycles. The molecule has 1 fully saturated rings. The van der Waals surface area contributed by atoms with Crippen LogP contribution >= 0.6 is 15.9 Å². The first-order chi connectivity index (χ1) is 8.99. The van der Waals surface area contributed by atoms with E-state index in [9.17, 15) is 4.79 Å². The number of halogens is 1. The Balaban J connectivity index is 2.03. The molecule has 0 bridgehead atoms. The molecule has 1 amide bonds. The molecule has 1 saturated heterocycles. The molecule has 4 nitrogen and oxygen atoms in total. The summed E-state index contributed by atoms with van der Waals surface area (Å²) in [4.78, 5) is 18.8. The van der Waals surface area contributed by atoms with Gasteiger partial charge in [-0.1, -0.05) is 6.07 Å². The van der Waals surface area contributed by atoms with Gasteiger partial charge in [-0.2, -0.15) is 0 Å². The second kappa shape index (κ2) is 6.01. The predicted octanol–water partition coefficient (Wildman–Crippen LogP) is 3.04. The molecule has 1 aromatic rings. The van der Waals surface area contributed by atoms with Gasteiger partial charge < -0.3 is 5.32 Å². The van der Waals surface area contributed by atoms with E-state index in [2.05, 4.69) is 45.0 Å². The molecule has 0 radical (unpaired) electrons. The summed E-state index contributed by atoms with van der Waals surface area (Å²) in [6.45, 7) is 6.33. The van der Waals surface area contributed by atoms with Crippen molar-refractivity contribution in [3.05, 3.63) is 22.8 Å². The van der Waals surface area contributed by atoms with E-state index in [1.165, 1.54) is 0 Å². The van der Waals surface area contributed by atoms with Gasteiger partial charge in [-0.15, -0.1) is 0 Å². The van der Waals surface area contributed by atoms with Crippen molar-refractivity contribution < 1.29 is 4.79 Å². The second-order valence-corrected chi connectivity index (χ2v) is 6.05. The average Bonchev–Trinajstić information content (AvgIpc) is 2.68. The maximum Gasteiger partial charge on any atom is 0.242 e. The third kappa shape index (κ3) is 3.34. The number of aromatic nitrogens is 1. The molecule has 1 aliphatic rings. The lowest BCUT2D eigenvalue weighted by Crippen LogP contribution is -2.46. The van der Waals surface area contributed by atoms with Gasteiger partial charge in [-0.25, -0.2) is 4.98 Å². The molecule has 3 unspecified atom stereocenters. The van der Waals surface area contributed by atoms with Crippen LogP contribution in [0.25, 0.3) is 0 Å². The third-order valence-corrected chi connectivity index (χ3v) is 4.25. The van der Waals surface area contributed by atoms with Gasteiger partial charge in [0.2, 0.25) is 5.91 Å². The van der Waals surface area contributed by atoms with Crippen molar-refractivity contribution in [2.75, 3.05) is 5.32 Å². The minimum Gasteiger partial charge on any atom is -0.309 e. The number of nitrogens with one attached hydrogen (secondary N) is 1. The Hall–Kier alpha value is -0.940. The summed E-state index contributed by atoms with van der Waals surface area (Å²) in [5, 5.41) is 2.88. The highest BCUT2D eigenvalue weighted by molar-refractivity contribution is 9.10. The number of carbonyl (C=O) groups is 1. The second-order valence-electron chi connectivity index (χ2n) is 5.23. The summed E-state index contributed by atoms with van der Waals surface area (Å²) in [6.07, 6.45) is 2.32. The summed E-state index contributed by atoms with van der Waals surface area (Å²) in [7, 11) is 0. The van der Waals surface area contributed by atoms with Crippen molar-refractivity contribution >= 4 is 27.7 Å². The fourth-order valence-electron chi connectivity index (χ4n) is 2.82. The van der Waals surface area contributed by atoms with Gasteiger partial charge in [0.1, 0.15) is 10.4 Å². The summed E-state index contributed by atoms with van der Waals surface area (Å²) >= 11 is 3.30. The van der Waals surface area contributed by atoms with E-state index < -0.39 is 0 Å². The Morgan fingerprint density at radius 3 is 2.63 bits per heavy atom. The first-order valence-electron chi connectivity index (χ1n) is 6.70. The summed E-state index contributed by atoms with van der Waals surface area (Å²) in [5.41, 5.74) is 0. The van der Waals surface area contributed by atoms with Gasteiger partial charge in [0.25, 0.3) is 0 Å². The van der Waals surface area contributed by atoms with Crippen LogP contribution in [0.15, 0.2) is 22.8 Å². The van der Waals surface area contributed by atoms with Gasteiger partial charge in [-0.3, -0.25) is 9.69 Å². The van der Waals surface area contributed by atoms with Crippen molar-refractivity contribution in [1.29, 1.82) is 0 Å². The van der Waals surface area contributed by atoms with E-state index in [0.717, 1.165) is 17.4 Å². The lowest BCUT2D eigenvalue weighted by Gasteiger charge is -2.31. The maximum atomic E-state index is 12.3. The van der Waals surface area contributed by atoms with Crippen LogP contribution in [-0.4, -0.2) is 33.9 Å². The molecule has 0 aliphatic carbocycles. The maximum absolute atomic E-state index is 12.3. The number of likely N-dealkylation sites (tertiary alicyclic amines) is 1. The van der Waals surface area contributed by atoms with Crippen LogP contribution < -0.4 is 5.32 Å². The number of carbonyl (C=O) groups excluding carboxylic acids is 1. The summed E-state index contributed by atoms with van der Waals surface area (Å²) in [6, 6.07) is 6.29. The van der Waals surface area contributed by atoms with E-state index >= 15 is 0 Å². The molecule has 1 aliphatic heterocycles. The third-order valence-electron chi connectivity index (χ3n) is 3.81. The molecule has 1 N–H and O–H groups in total. The van der Waals surface area contributed by atoms with Crippen molar-refractivity contribution in [3.8, 4) is 0 Å². The molecule has 2 heterocycles. The largest absolute Gasteiger partial charge is 0.309 e. The van der Waals surface area contributed by atoms with E-state index in [1.807, 2.05) is 19.1 Å². The Labute approximate surface area is 122 Å². The quantitative estimate of drug-likeness (QED) is 0.869. The summed E-state index contributed by atoms with van der Waals surface area (Å²) in [5.74, 6) is 0.594. The van der Waals surface area contributed by atoms with Gasteiger partial charge in [0.05, 0.1) is 6.04 Å². The number of hydrogen-bond acceptors (Lipinski definition) is 3. The van der Waals surface area contributed by atoms with E-state index in [-0.39, 0.29) is 11.9 Å². The van der Waals surface area contributed by atoms with Crippen LogP contribution in [-0.2, 0) is 4.79 Å². The zero-order chi connectivity index (χ0) is 14.0. The first kappa shape index (κ1) is 14.5. The Bertz CT molecular complexity index is 456. The monoisotopic (exact) mass is 325 g/mol. The predicted molar refractivity (Wildman–Crippen MR) is 80.0 cm³/mol. The Morgan fingerprint density at radius 2 is 2.05 bits per heavy atom. The Kier molecular flexibility index (Phi) is 4.58. The summed E-state index contributed by atoms with van der Waals surface area (Å²) < 4.78 is 0.723. The fraction of sp³-hybridized carbons (Fsp3) is 0.571. The van der Waals surface area contributed by atoms with Crippen molar-refractivity contribution in [2.45, 2.75) is 51.7 Å². The highest BCUT2D eigenvalue weighted by atomic mass is 79.9. The minimum atomic E-state index is -0.131. The van der Waals surface area contributed by atoms with Crippen molar-refractivity contribution in [3.63, 3.8) is 0 Å². The van der Waals surface area contributed by atoms with Gasteiger partial charge >= 0.3 is 0 Å². The Morgan fingerprint density at radius 1 is 1.42 bits per heavy atom. The highest BCUT2D eigenvalue weighted by Gasteiger charge is 2.34. The number of nitrogens with zero attached hydrogens (tertiary/aromatic N) is 2. The smallest absolute Gasteiger partial charge is 0.242 e. The molecule has 0 saturated carbocycles. The van der Waals surface area contributed by atoms with Gasteiger partial charge in [0.15, 0.2) is 0 Å². The van der Waals surface area contributed by atoms with Crippen molar-refractivity contribution in [2.24, 2.45) is 0 Å². The standard InChI is InChI=1S/C14H20BrN3O/c1-9-7-8-10(2)18(9)11(3)14(19)17-13-6-4-5-12(15)16-13/h4-6,9-11H,7-8H2,1-3H3,(H,16,17,19). The SMILES string of the molecule is CC1CCC(C)N1C(C)C(=O)Nc1cccc(Br)n1. The first-order valence-corrected chi connectivity index (χ1v) is 7.49. The molecule has 19 heavy (non-hydrogen) atoms. The van der Waals surface area contributed by atoms with Crippen LogP contribution in [0.1, 0.15) is 33.6 Å². The lowest BCUT2D eigenvalue weighted by atomic mass is 10.2. The molecular formula is C14H20BrN3O. The van der Waals surface area contributed by atoms with E-state index in [1.54, 1.807) is 6.07 Å². The molecular weight excluding hydrogens is 306 g/mol. The number of rotatable bonds is 3. The van der Waals surface area contributed by atoms with Gasteiger partial charge in [0, 0.05) is 12.1 Å². The van der Waals surface area contributed by atoms with E-state index in [0.29, 0.717) is 17.9 Å². The minimum absolute atomic E-state index is 0.00574. The lowest BCUT2D eigenvalue weighted by molar-refractivity contribution is -0.121. The number of amides is 1. The molecule has 104 valence electrons.